The van der Waals surface area contributed by atoms with Gasteiger partial charge in [-0.1, -0.05) is 17.9 Å². The molecule has 2 N–H and O–H groups in total. The zero-order valence-electron chi connectivity index (χ0n) is 9.28. The Bertz CT molecular complexity index is 619. The van der Waals surface area contributed by atoms with Gasteiger partial charge < -0.3 is 10.4 Å². The van der Waals surface area contributed by atoms with Crippen LogP contribution in [0.15, 0.2) is 24.3 Å². The van der Waals surface area contributed by atoms with Crippen molar-refractivity contribution in [3.63, 3.8) is 0 Å². The lowest BCUT2D eigenvalue weighted by molar-refractivity contribution is 0.0702. The minimum atomic E-state index is -0.889. The van der Waals surface area contributed by atoms with Crippen LogP contribution in [0.2, 0.25) is 0 Å². The number of fused-ring (bicyclic) bond motifs is 1. The van der Waals surface area contributed by atoms with E-state index in [1.54, 1.807) is 6.07 Å². The zero-order valence-corrected chi connectivity index (χ0v) is 10.1. The highest BCUT2D eigenvalue weighted by atomic mass is 32.1. The summed E-state index contributed by atoms with van der Waals surface area (Å²) < 4.78 is 0.957. The maximum absolute atomic E-state index is 10.9. The molecule has 0 radical (unpaired) electrons. The summed E-state index contributed by atoms with van der Waals surface area (Å²) in [6, 6.07) is 7.40. The van der Waals surface area contributed by atoms with E-state index in [9.17, 15) is 4.79 Å². The summed E-state index contributed by atoms with van der Waals surface area (Å²) in [7, 11) is 1.84. The topological polar surface area (TPSA) is 49.3 Å². The number of hydrogen-bond donors (Lipinski definition) is 2. The van der Waals surface area contributed by atoms with Crippen LogP contribution in [0, 0.1) is 11.8 Å². The largest absolute Gasteiger partial charge is 0.477 e. The first-order valence-corrected chi connectivity index (χ1v) is 5.93. The predicted octanol–water partition coefficient (Wildman–Crippen LogP) is 2.17. The molecule has 0 saturated carbocycles. The predicted molar refractivity (Wildman–Crippen MR) is 69.6 cm³/mol. The van der Waals surface area contributed by atoms with E-state index in [-0.39, 0.29) is 0 Å². The van der Waals surface area contributed by atoms with E-state index < -0.39 is 5.97 Å². The van der Waals surface area contributed by atoms with E-state index >= 15 is 0 Å². The summed E-state index contributed by atoms with van der Waals surface area (Å²) in [6.07, 6.45) is 0. The lowest BCUT2D eigenvalue weighted by Crippen LogP contribution is -2.04. The van der Waals surface area contributed by atoms with Crippen molar-refractivity contribution < 1.29 is 9.90 Å². The van der Waals surface area contributed by atoms with Gasteiger partial charge in [0.15, 0.2) is 0 Å². The third-order valence-electron chi connectivity index (χ3n) is 2.26. The molecular formula is C13H11NO2S. The SMILES string of the molecule is CNCC#Cc1cccc2sc(C(=O)O)cc12. The monoisotopic (exact) mass is 245 g/mol. The summed E-state index contributed by atoms with van der Waals surface area (Å²) in [5, 5.41) is 12.8. The van der Waals surface area contributed by atoms with Crippen LogP contribution in [-0.4, -0.2) is 24.7 Å². The van der Waals surface area contributed by atoms with E-state index in [0.717, 1.165) is 15.6 Å². The summed E-state index contributed by atoms with van der Waals surface area (Å²) in [5.41, 5.74) is 0.876. The Labute approximate surface area is 103 Å². The molecule has 0 bridgehead atoms. The summed E-state index contributed by atoms with van der Waals surface area (Å²) >= 11 is 1.28. The average Bonchev–Trinajstić information content (AvgIpc) is 2.74. The fourth-order valence-corrected chi connectivity index (χ4v) is 2.43. The molecule has 1 aromatic heterocycles. The second kappa shape index (κ2) is 5.00. The fraction of sp³-hybridized carbons (Fsp3) is 0.154. The third kappa shape index (κ3) is 2.47. The molecule has 0 atom stereocenters. The molecule has 0 fully saturated rings. The smallest absolute Gasteiger partial charge is 0.345 e. The van der Waals surface area contributed by atoms with Crippen molar-refractivity contribution in [3.05, 3.63) is 34.7 Å². The number of thiophene rings is 1. The molecule has 0 spiro atoms. The van der Waals surface area contributed by atoms with Gasteiger partial charge in [-0.25, -0.2) is 4.79 Å². The molecule has 86 valence electrons. The Morgan fingerprint density at radius 3 is 3.06 bits per heavy atom. The Hall–Kier alpha value is -1.83. The highest BCUT2D eigenvalue weighted by Gasteiger charge is 2.09. The quantitative estimate of drug-likeness (QED) is 0.797. The number of rotatable bonds is 2. The van der Waals surface area contributed by atoms with Crippen LogP contribution >= 0.6 is 11.3 Å². The Morgan fingerprint density at radius 1 is 1.53 bits per heavy atom. The first-order valence-electron chi connectivity index (χ1n) is 5.11. The molecular weight excluding hydrogens is 234 g/mol. The molecule has 2 rings (SSSR count). The fourth-order valence-electron chi connectivity index (χ4n) is 1.50. The zero-order chi connectivity index (χ0) is 12.3. The van der Waals surface area contributed by atoms with Gasteiger partial charge in [0.1, 0.15) is 4.88 Å². The number of carbonyl (C=O) groups is 1. The minimum Gasteiger partial charge on any atom is -0.477 e. The van der Waals surface area contributed by atoms with Crippen molar-refractivity contribution in [1.82, 2.24) is 5.32 Å². The molecule has 1 heterocycles. The van der Waals surface area contributed by atoms with Gasteiger partial charge in [0.25, 0.3) is 0 Å². The highest BCUT2D eigenvalue weighted by molar-refractivity contribution is 7.20. The number of hydrogen-bond acceptors (Lipinski definition) is 3. The number of carboxylic acids is 1. The van der Waals surface area contributed by atoms with Crippen LogP contribution in [-0.2, 0) is 0 Å². The van der Waals surface area contributed by atoms with Crippen molar-refractivity contribution in [3.8, 4) is 11.8 Å². The van der Waals surface area contributed by atoms with E-state index in [1.807, 2.05) is 25.2 Å². The number of nitrogens with one attached hydrogen (secondary N) is 1. The maximum atomic E-state index is 10.9. The summed E-state index contributed by atoms with van der Waals surface area (Å²) in [4.78, 5) is 11.3. The molecule has 1 aromatic carbocycles. The molecule has 0 unspecified atom stereocenters. The van der Waals surface area contributed by atoms with Gasteiger partial charge in [-0.05, 0) is 25.2 Å². The van der Waals surface area contributed by atoms with Gasteiger partial charge in [0.2, 0.25) is 0 Å². The average molecular weight is 245 g/mol. The van der Waals surface area contributed by atoms with Gasteiger partial charge in [0, 0.05) is 15.6 Å². The van der Waals surface area contributed by atoms with Crippen LogP contribution < -0.4 is 5.32 Å². The van der Waals surface area contributed by atoms with Crippen molar-refractivity contribution in [2.24, 2.45) is 0 Å². The maximum Gasteiger partial charge on any atom is 0.345 e. The number of carboxylic acid groups (broad SMARTS) is 1. The summed E-state index contributed by atoms with van der Waals surface area (Å²) in [5.74, 6) is 5.13. The Balaban J connectivity index is 2.50. The van der Waals surface area contributed by atoms with Crippen LogP contribution in [0.3, 0.4) is 0 Å². The number of benzene rings is 1. The van der Waals surface area contributed by atoms with Crippen LogP contribution in [0.4, 0.5) is 0 Å². The van der Waals surface area contributed by atoms with E-state index in [0.29, 0.717) is 11.4 Å². The van der Waals surface area contributed by atoms with Crippen molar-refractivity contribution in [2.45, 2.75) is 0 Å². The van der Waals surface area contributed by atoms with Crippen molar-refractivity contribution >= 4 is 27.4 Å². The van der Waals surface area contributed by atoms with Crippen LogP contribution in [0.25, 0.3) is 10.1 Å². The second-order valence-electron chi connectivity index (χ2n) is 3.47. The standard InChI is InChI=1S/C13H11NO2S/c1-14-7-3-5-9-4-2-6-11-10(9)8-12(17-11)13(15)16/h2,4,6,8,14H,7H2,1H3,(H,15,16). The minimum absolute atomic E-state index is 0.350. The molecule has 0 amide bonds. The first kappa shape index (κ1) is 11.6. The normalized spacial score (nSPS) is 9.94. The van der Waals surface area contributed by atoms with Crippen molar-refractivity contribution in [2.75, 3.05) is 13.6 Å². The molecule has 4 heteroatoms. The number of aromatic carboxylic acids is 1. The Kier molecular flexibility index (Phi) is 3.43. The van der Waals surface area contributed by atoms with Gasteiger partial charge in [-0.15, -0.1) is 11.3 Å². The lowest BCUT2D eigenvalue weighted by Gasteiger charge is -1.92. The van der Waals surface area contributed by atoms with E-state index in [2.05, 4.69) is 17.2 Å². The highest BCUT2D eigenvalue weighted by Crippen LogP contribution is 2.27. The first-order chi connectivity index (χ1) is 8.22. The molecule has 2 aromatic rings. The van der Waals surface area contributed by atoms with E-state index in [4.69, 9.17) is 5.11 Å². The van der Waals surface area contributed by atoms with Crippen molar-refractivity contribution in [1.29, 1.82) is 0 Å². The lowest BCUT2D eigenvalue weighted by atomic mass is 10.1. The van der Waals surface area contributed by atoms with E-state index in [1.165, 1.54) is 11.3 Å². The molecule has 0 aliphatic rings. The molecule has 17 heavy (non-hydrogen) atoms. The third-order valence-corrected chi connectivity index (χ3v) is 3.35. The van der Waals surface area contributed by atoms with Gasteiger partial charge >= 0.3 is 5.97 Å². The second-order valence-corrected chi connectivity index (χ2v) is 4.55. The van der Waals surface area contributed by atoms with Gasteiger partial charge in [0.05, 0.1) is 6.54 Å². The molecule has 0 aliphatic heterocycles. The molecule has 0 saturated heterocycles. The van der Waals surface area contributed by atoms with Crippen LogP contribution in [0.5, 0.6) is 0 Å². The molecule has 3 nitrogen and oxygen atoms in total. The Morgan fingerprint density at radius 2 is 2.35 bits per heavy atom. The van der Waals surface area contributed by atoms with Crippen LogP contribution in [0.1, 0.15) is 15.2 Å². The summed E-state index contributed by atoms with van der Waals surface area (Å²) in [6.45, 7) is 0.617. The van der Waals surface area contributed by atoms with Gasteiger partial charge in [-0.2, -0.15) is 0 Å². The van der Waals surface area contributed by atoms with Gasteiger partial charge in [-0.3, -0.25) is 0 Å². The molecule has 0 aliphatic carbocycles.